The highest BCUT2D eigenvalue weighted by atomic mass is 35.5. The molecule has 2 unspecified atom stereocenters. The van der Waals surface area contributed by atoms with Gasteiger partial charge in [0.25, 0.3) is 0 Å². The standard InChI is InChI=1S/C13H15Cl2NO3S/c1-7(20-3)11(17)16-13(2,12(18)19)8-4-5-9(14)10(15)6-8/h4-7H,1-3H3,(H,16,17)(H,18,19). The molecule has 1 amide bonds. The Morgan fingerprint density at radius 2 is 1.95 bits per heavy atom. The summed E-state index contributed by atoms with van der Waals surface area (Å²) in [5.41, 5.74) is -1.20. The van der Waals surface area contributed by atoms with Crippen LogP contribution < -0.4 is 5.32 Å². The molecule has 0 bridgehead atoms. The first-order chi connectivity index (χ1) is 9.22. The Balaban J connectivity index is 3.18. The van der Waals surface area contributed by atoms with Gasteiger partial charge in [0.05, 0.1) is 15.3 Å². The average Bonchev–Trinajstić information content (AvgIpc) is 2.40. The van der Waals surface area contributed by atoms with Crippen molar-refractivity contribution in [2.45, 2.75) is 24.6 Å². The summed E-state index contributed by atoms with van der Waals surface area (Å²) in [6.07, 6.45) is 1.78. The number of carbonyl (C=O) groups excluding carboxylic acids is 1. The summed E-state index contributed by atoms with van der Waals surface area (Å²) in [6, 6.07) is 4.49. The number of aliphatic carboxylic acids is 1. The molecule has 2 atom stereocenters. The van der Waals surface area contributed by atoms with Crippen molar-refractivity contribution in [3.63, 3.8) is 0 Å². The fourth-order valence-electron chi connectivity index (χ4n) is 1.51. The van der Waals surface area contributed by atoms with E-state index in [0.29, 0.717) is 10.6 Å². The minimum Gasteiger partial charge on any atom is -0.479 e. The van der Waals surface area contributed by atoms with E-state index in [9.17, 15) is 14.7 Å². The molecule has 0 spiro atoms. The summed E-state index contributed by atoms with van der Waals surface area (Å²) in [5.74, 6) is -1.52. The van der Waals surface area contributed by atoms with E-state index in [0.717, 1.165) is 0 Å². The highest BCUT2D eigenvalue weighted by molar-refractivity contribution is 7.99. The van der Waals surface area contributed by atoms with Gasteiger partial charge in [-0.2, -0.15) is 11.8 Å². The number of halogens is 2. The summed E-state index contributed by atoms with van der Waals surface area (Å²) < 4.78 is 0. The zero-order valence-electron chi connectivity index (χ0n) is 11.2. The van der Waals surface area contributed by atoms with Crippen LogP contribution in [0.4, 0.5) is 0 Å². The lowest BCUT2D eigenvalue weighted by atomic mass is 9.92. The van der Waals surface area contributed by atoms with Gasteiger partial charge in [-0.1, -0.05) is 29.3 Å². The van der Waals surface area contributed by atoms with Crippen LogP contribution in [0.25, 0.3) is 0 Å². The first-order valence-electron chi connectivity index (χ1n) is 5.76. The topological polar surface area (TPSA) is 66.4 Å². The highest BCUT2D eigenvalue weighted by Gasteiger charge is 2.38. The summed E-state index contributed by atoms with van der Waals surface area (Å²) in [7, 11) is 0. The molecular weight excluding hydrogens is 321 g/mol. The Kier molecular flexibility index (Phi) is 5.74. The number of amides is 1. The predicted molar refractivity (Wildman–Crippen MR) is 82.6 cm³/mol. The molecule has 0 saturated carbocycles. The molecule has 2 N–H and O–H groups in total. The number of carbonyl (C=O) groups is 2. The van der Waals surface area contributed by atoms with Crippen LogP contribution in [0.1, 0.15) is 19.4 Å². The molecule has 20 heavy (non-hydrogen) atoms. The van der Waals surface area contributed by atoms with E-state index in [4.69, 9.17) is 23.2 Å². The summed E-state index contributed by atoms with van der Waals surface area (Å²) >= 11 is 13.1. The Morgan fingerprint density at radius 3 is 2.40 bits per heavy atom. The van der Waals surface area contributed by atoms with Crippen LogP contribution >= 0.6 is 35.0 Å². The Morgan fingerprint density at radius 1 is 1.35 bits per heavy atom. The maximum atomic E-state index is 12.0. The first-order valence-corrected chi connectivity index (χ1v) is 7.80. The molecule has 1 aromatic rings. The number of rotatable bonds is 5. The summed E-state index contributed by atoms with van der Waals surface area (Å²) in [6.45, 7) is 3.12. The zero-order valence-corrected chi connectivity index (χ0v) is 13.6. The Bertz CT molecular complexity index is 538. The average molecular weight is 336 g/mol. The zero-order chi connectivity index (χ0) is 15.5. The van der Waals surface area contributed by atoms with Gasteiger partial charge < -0.3 is 10.4 Å². The van der Waals surface area contributed by atoms with Gasteiger partial charge >= 0.3 is 5.97 Å². The van der Waals surface area contributed by atoms with Crippen molar-refractivity contribution in [2.75, 3.05) is 6.26 Å². The number of hydrogen-bond donors (Lipinski definition) is 2. The minimum atomic E-state index is -1.56. The van der Waals surface area contributed by atoms with Gasteiger partial charge in [-0.05, 0) is 37.8 Å². The second-order valence-corrected chi connectivity index (χ2v) is 6.42. The lowest BCUT2D eigenvalue weighted by Crippen LogP contribution is -2.51. The van der Waals surface area contributed by atoms with E-state index >= 15 is 0 Å². The maximum Gasteiger partial charge on any atom is 0.333 e. The lowest BCUT2D eigenvalue weighted by molar-refractivity contribution is -0.147. The van der Waals surface area contributed by atoms with Crippen molar-refractivity contribution >= 4 is 46.8 Å². The minimum absolute atomic E-state index is 0.240. The van der Waals surface area contributed by atoms with Gasteiger partial charge in [-0.3, -0.25) is 4.79 Å². The highest BCUT2D eigenvalue weighted by Crippen LogP contribution is 2.29. The summed E-state index contributed by atoms with van der Waals surface area (Å²) in [5, 5.41) is 12.2. The molecule has 1 rings (SSSR count). The molecule has 0 aliphatic heterocycles. The van der Waals surface area contributed by atoms with Crippen molar-refractivity contribution in [3.8, 4) is 0 Å². The Hall–Kier alpha value is -0.910. The van der Waals surface area contributed by atoms with Crippen LogP contribution in [-0.2, 0) is 15.1 Å². The van der Waals surface area contributed by atoms with E-state index in [1.165, 1.54) is 36.9 Å². The van der Waals surface area contributed by atoms with Gasteiger partial charge in [0.1, 0.15) is 0 Å². The largest absolute Gasteiger partial charge is 0.479 e. The molecule has 110 valence electrons. The third-order valence-corrected chi connectivity index (χ3v) is 4.68. The van der Waals surface area contributed by atoms with Crippen molar-refractivity contribution < 1.29 is 14.7 Å². The van der Waals surface area contributed by atoms with Gasteiger partial charge in [0, 0.05) is 0 Å². The van der Waals surface area contributed by atoms with Crippen LogP contribution in [0.5, 0.6) is 0 Å². The molecule has 1 aromatic carbocycles. The second-order valence-electron chi connectivity index (χ2n) is 4.43. The van der Waals surface area contributed by atoms with E-state index < -0.39 is 11.5 Å². The van der Waals surface area contributed by atoms with E-state index in [2.05, 4.69) is 5.32 Å². The number of carboxylic acids is 1. The van der Waals surface area contributed by atoms with Crippen LogP contribution in [0.2, 0.25) is 10.0 Å². The fourth-order valence-corrected chi connectivity index (χ4v) is 2.08. The molecule has 4 nitrogen and oxygen atoms in total. The van der Waals surface area contributed by atoms with Crippen LogP contribution in [0.15, 0.2) is 18.2 Å². The maximum absolute atomic E-state index is 12.0. The van der Waals surface area contributed by atoms with Crippen molar-refractivity contribution in [2.24, 2.45) is 0 Å². The molecular formula is C13H15Cl2NO3S. The third-order valence-electron chi connectivity index (χ3n) is 3.02. The summed E-state index contributed by atoms with van der Waals surface area (Å²) in [4.78, 5) is 23.5. The smallest absolute Gasteiger partial charge is 0.333 e. The molecule has 0 saturated heterocycles. The number of carboxylic acid groups (broad SMARTS) is 1. The van der Waals surface area contributed by atoms with Gasteiger partial charge in [0.15, 0.2) is 5.54 Å². The van der Waals surface area contributed by atoms with Gasteiger partial charge in [0.2, 0.25) is 5.91 Å². The molecule has 0 aliphatic rings. The third kappa shape index (κ3) is 3.59. The van der Waals surface area contributed by atoms with Crippen LogP contribution in [0.3, 0.4) is 0 Å². The number of hydrogen-bond acceptors (Lipinski definition) is 3. The molecule has 0 aromatic heterocycles. The van der Waals surface area contributed by atoms with Crippen LogP contribution in [0, 0.1) is 0 Å². The van der Waals surface area contributed by atoms with Gasteiger partial charge in [-0.15, -0.1) is 0 Å². The SMILES string of the molecule is CSC(C)C(=O)NC(C)(C(=O)O)c1ccc(Cl)c(Cl)c1. The molecule has 0 fully saturated rings. The normalized spacial score (nSPS) is 15.2. The van der Waals surface area contributed by atoms with Gasteiger partial charge in [-0.25, -0.2) is 4.79 Å². The molecule has 7 heteroatoms. The Labute approximate surface area is 131 Å². The van der Waals surface area contributed by atoms with Crippen molar-refractivity contribution in [1.82, 2.24) is 5.32 Å². The van der Waals surface area contributed by atoms with E-state index in [-0.39, 0.29) is 16.2 Å². The van der Waals surface area contributed by atoms with Crippen molar-refractivity contribution in [3.05, 3.63) is 33.8 Å². The van der Waals surface area contributed by atoms with Crippen molar-refractivity contribution in [1.29, 1.82) is 0 Å². The fraction of sp³-hybridized carbons (Fsp3) is 0.385. The second kappa shape index (κ2) is 6.70. The predicted octanol–water partition coefficient (Wildman–Crippen LogP) is 3.16. The van der Waals surface area contributed by atoms with E-state index in [1.54, 1.807) is 13.2 Å². The molecule has 0 radical (unpaired) electrons. The number of nitrogens with one attached hydrogen (secondary N) is 1. The number of benzene rings is 1. The quantitative estimate of drug-likeness (QED) is 0.867. The van der Waals surface area contributed by atoms with E-state index in [1.807, 2.05) is 0 Å². The monoisotopic (exact) mass is 335 g/mol. The number of thioether (sulfide) groups is 1. The lowest BCUT2D eigenvalue weighted by Gasteiger charge is -2.28. The molecule has 0 heterocycles. The molecule has 0 aliphatic carbocycles. The first kappa shape index (κ1) is 17.1. The van der Waals surface area contributed by atoms with Crippen LogP contribution in [-0.4, -0.2) is 28.5 Å².